The van der Waals surface area contributed by atoms with Crippen LogP contribution in [0.1, 0.15) is 0 Å². The largest absolute Gasteiger partial charge is 0.349 e. The first-order chi connectivity index (χ1) is 3.13. The lowest BCUT2D eigenvalue weighted by Gasteiger charge is -2.14. The average molecular weight is 150 g/mol. The molecule has 5 heteroatoms. The lowest BCUT2D eigenvalue weighted by Crippen LogP contribution is -2.33. The van der Waals surface area contributed by atoms with E-state index >= 15 is 0 Å². The van der Waals surface area contributed by atoms with Crippen molar-refractivity contribution < 1.29 is 0 Å². The topological polar surface area (TPSA) is 6.48 Å². The van der Waals surface area contributed by atoms with E-state index < -0.39 is 0 Å². The lowest BCUT2D eigenvalue weighted by molar-refractivity contribution is 0.743. The number of nitrogens with zero attached hydrogens (tertiary/aromatic N) is 2. The SMILES string of the molecule is CN([SiH3])[SiH2]N(C)[SiH3]. The fourth-order valence-corrected chi connectivity index (χ4v) is 6.79. The highest BCUT2D eigenvalue weighted by Crippen LogP contribution is 1.68. The fraction of sp³-hybridized carbons (Fsp3) is 1.00. The summed E-state index contributed by atoms with van der Waals surface area (Å²) in [6, 6.07) is 0. The summed E-state index contributed by atoms with van der Waals surface area (Å²) in [7, 11) is 6.96. The minimum Gasteiger partial charge on any atom is -0.349 e. The van der Waals surface area contributed by atoms with Gasteiger partial charge < -0.3 is 8.46 Å². The Kier molecular flexibility index (Phi) is 3.85. The van der Waals surface area contributed by atoms with Crippen molar-refractivity contribution >= 4 is 30.7 Å². The molecular formula is C2H14N2Si3. The molecule has 0 saturated heterocycles. The molecule has 0 aliphatic rings. The van der Waals surface area contributed by atoms with Gasteiger partial charge in [-0.25, -0.2) is 0 Å². The van der Waals surface area contributed by atoms with Gasteiger partial charge in [-0.1, -0.05) is 0 Å². The van der Waals surface area contributed by atoms with Crippen LogP contribution in [-0.4, -0.2) is 53.2 Å². The van der Waals surface area contributed by atoms with Crippen LogP contribution in [-0.2, 0) is 0 Å². The Morgan fingerprint density at radius 3 is 1.43 bits per heavy atom. The smallest absolute Gasteiger partial charge is 0.158 e. The highest BCUT2D eigenvalue weighted by Gasteiger charge is 1.89. The molecule has 0 N–H and O–H groups in total. The van der Waals surface area contributed by atoms with Crippen molar-refractivity contribution in [2.75, 3.05) is 14.1 Å². The van der Waals surface area contributed by atoms with Gasteiger partial charge in [0.1, 0.15) is 0 Å². The van der Waals surface area contributed by atoms with Crippen LogP contribution < -0.4 is 0 Å². The molecule has 0 aliphatic heterocycles. The monoisotopic (exact) mass is 150 g/mol. The molecule has 0 radical (unpaired) electrons. The van der Waals surface area contributed by atoms with Crippen molar-refractivity contribution in [1.29, 1.82) is 0 Å². The predicted octanol–water partition coefficient (Wildman–Crippen LogP) is -3.59. The molecule has 0 aromatic carbocycles. The maximum absolute atomic E-state index is 2.44. The van der Waals surface area contributed by atoms with Gasteiger partial charge in [0.2, 0.25) is 0 Å². The first kappa shape index (κ1) is 7.57. The van der Waals surface area contributed by atoms with Gasteiger partial charge in [-0.15, -0.1) is 0 Å². The molecule has 0 heterocycles. The van der Waals surface area contributed by atoms with Gasteiger partial charge >= 0.3 is 0 Å². The Morgan fingerprint density at radius 1 is 1.14 bits per heavy atom. The minimum absolute atomic E-state index is 0.0710. The summed E-state index contributed by atoms with van der Waals surface area (Å²) in [5, 5.41) is 0. The zero-order valence-electron chi connectivity index (χ0n) is 5.60. The molecule has 0 saturated carbocycles. The summed E-state index contributed by atoms with van der Waals surface area (Å²) in [6.45, 7) is 0. The minimum atomic E-state index is 0.0710. The van der Waals surface area contributed by atoms with E-state index in [9.17, 15) is 0 Å². The lowest BCUT2D eigenvalue weighted by atomic mass is 11.6. The Bertz CT molecular complexity index is 40.2. The van der Waals surface area contributed by atoms with Gasteiger partial charge in [-0.2, -0.15) is 0 Å². The predicted molar refractivity (Wildman–Crippen MR) is 43.9 cm³/mol. The molecule has 0 spiro atoms. The number of hydrogen-bond acceptors (Lipinski definition) is 2. The van der Waals surface area contributed by atoms with E-state index in [4.69, 9.17) is 0 Å². The van der Waals surface area contributed by atoms with Crippen LogP contribution >= 0.6 is 0 Å². The second-order valence-electron chi connectivity index (χ2n) is 2.30. The molecule has 7 heavy (non-hydrogen) atoms. The van der Waals surface area contributed by atoms with Gasteiger partial charge in [-0.3, -0.25) is 0 Å². The molecule has 44 valence electrons. The number of hydrogen-bond donors (Lipinski definition) is 0. The van der Waals surface area contributed by atoms with E-state index in [0.29, 0.717) is 0 Å². The molecular weight excluding hydrogens is 136 g/mol. The molecule has 0 aromatic rings. The molecule has 0 unspecified atom stereocenters. The summed E-state index contributed by atoms with van der Waals surface area (Å²) in [4.78, 5) is 0. The summed E-state index contributed by atoms with van der Waals surface area (Å²) < 4.78 is 4.88. The third-order valence-corrected chi connectivity index (χ3v) is 3.39. The summed E-state index contributed by atoms with van der Waals surface area (Å²) in [5.41, 5.74) is 0. The van der Waals surface area contributed by atoms with Crippen molar-refractivity contribution in [1.82, 2.24) is 8.46 Å². The fourth-order valence-electron chi connectivity index (χ4n) is 0.566. The van der Waals surface area contributed by atoms with Crippen molar-refractivity contribution in [3.05, 3.63) is 0 Å². The molecule has 0 bridgehead atoms. The maximum atomic E-state index is 2.44. The van der Waals surface area contributed by atoms with E-state index in [2.05, 4.69) is 22.6 Å². The molecule has 2 nitrogen and oxygen atoms in total. The van der Waals surface area contributed by atoms with Crippen LogP contribution in [0, 0.1) is 0 Å². The zero-order chi connectivity index (χ0) is 5.86. The molecule has 0 aliphatic carbocycles. The zero-order valence-corrected chi connectivity index (χ0v) is 11.0. The quantitative estimate of drug-likeness (QED) is 0.376. The van der Waals surface area contributed by atoms with Crippen LogP contribution in [0.5, 0.6) is 0 Å². The van der Waals surface area contributed by atoms with Crippen molar-refractivity contribution in [2.45, 2.75) is 0 Å². The molecule has 0 atom stereocenters. The van der Waals surface area contributed by atoms with Crippen molar-refractivity contribution in [2.24, 2.45) is 0 Å². The van der Waals surface area contributed by atoms with Gasteiger partial charge in [-0.05, 0) is 14.1 Å². The van der Waals surface area contributed by atoms with E-state index in [0.717, 1.165) is 0 Å². The van der Waals surface area contributed by atoms with E-state index in [1.807, 2.05) is 0 Å². The molecule has 0 fully saturated rings. The molecule has 0 aromatic heterocycles. The van der Waals surface area contributed by atoms with Crippen LogP contribution in [0.15, 0.2) is 0 Å². The first-order valence-electron chi connectivity index (χ1n) is 2.42. The van der Waals surface area contributed by atoms with Gasteiger partial charge in [0.25, 0.3) is 0 Å². The van der Waals surface area contributed by atoms with Crippen LogP contribution in [0.4, 0.5) is 0 Å². The normalized spacial score (nSPS) is 13.7. The van der Waals surface area contributed by atoms with E-state index in [1.165, 1.54) is 20.8 Å². The Morgan fingerprint density at radius 2 is 1.43 bits per heavy atom. The van der Waals surface area contributed by atoms with Crippen LogP contribution in [0.2, 0.25) is 0 Å². The molecule has 0 amide bonds. The first-order valence-corrected chi connectivity index (χ1v) is 5.48. The Hall–Kier alpha value is 0.571. The average Bonchev–Trinajstić information content (AvgIpc) is 1.27. The molecule has 0 rings (SSSR count). The van der Waals surface area contributed by atoms with E-state index in [-0.39, 0.29) is 9.84 Å². The standard InChI is InChI=1S/C2H14N2Si3/c1-3(5)7-4(2)6/h7H2,1-2,5-6H3. The maximum Gasteiger partial charge on any atom is 0.158 e. The van der Waals surface area contributed by atoms with Crippen molar-refractivity contribution in [3.8, 4) is 0 Å². The second kappa shape index (κ2) is 3.56. The van der Waals surface area contributed by atoms with Gasteiger partial charge in [0, 0.05) is 0 Å². The third kappa shape index (κ3) is 6.57. The highest BCUT2D eigenvalue weighted by atomic mass is 28.3. The third-order valence-electron chi connectivity index (χ3n) is 0.566. The van der Waals surface area contributed by atoms with Crippen LogP contribution in [0.25, 0.3) is 0 Å². The Balaban J connectivity index is 2.95. The van der Waals surface area contributed by atoms with E-state index in [1.54, 1.807) is 0 Å². The van der Waals surface area contributed by atoms with Crippen LogP contribution in [0.3, 0.4) is 0 Å². The summed E-state index contributed by atoms with van der Waals surface area (Å²) >= 11 is 0. The van der Waals surface area contributed by atoms with Crippen molar-refractivity contribution in [3.63, 3.8) is 0 Å². The van der Waals surface area contributed by atoms with Gasteiger partial charge in [0.05, 0.1) is 20.8 Å². The second-order valence-corrected chi connectivity index (χ2v) is 10.7. The summed E-state index contributed by atoms with van der Waals surface area (Å²) in [6.07, 6.45) is 0. The number of rotatable bonds is 2. The Labute approximate surface area is 53.9 Å². The summed E-state index contributed by atoms with van der Waals surface area (Å²) in [5.74, 6) is 0. The van der Waals surface area contributed by atoms with Gasteiger partial charge in [0.15, 0.2) is 9.84 Å². The highest BCUT2D eigenvalue weighted by molar-refractivity contribution is 6.45.